The molecule has 0 spiro atoms. The third-order valence-corrected chi connectivity index (χ3v) is 9.61. The first-order valence-electron chi connectivity index (χ1n) is 13.8. The van der Waals surface area contributed by atoms with Gasteiger partial charge in [-0.05, 0) is 26.6 Å². The zero-order valence-corrected chi connectivity index (χ0v) is 29.5. The number of aromatic amines is 1. The van der Waals surface area contributed by atoms with Crippen LogP contribution < -0.4 is 45.7 Å². The number of aromatic nitrogens is 4. The minimum Gasteiger partial charge on any atom is -0.756 e. The molecule has 2 fully saturated rings. The van der Waals surface area contributed by atoms with Crippen molar-refractivity contribution < 1.29 is 96.8 Å². The number of hydrogen-bond acceptors (Lipinski definition) is 18. The second kappa shape index (κ2) is 17.1. The predicted octanol–water partition coefficient (Wildman–Crippen LogP) is -5.88. The van der Waals surface area contributed by atoms with Crippen LogP contribution in [0.25, 0.3) is 11.2 Å². The van der Waals surface area contributed by atoms with E-state index in [1.165, 1.54) is 26.6 Å². The smallest absolute Gasteiger partial charge is 0.756 e. The van der Waals surface area contributed by atoms with Crippen LogP contribution in [-0.2, 0) is 32.0 Å². The van der Waals surface area contributed by atoms with E-state index in [2.05, 4.69) is 54.0 Å². The predicted molar refractivity (Wildman–Crippen MR) is 150 cm³/mol. The van der Waals surface area contributed by atoms with Crippen molar-refractivity contribution in [2.75, 3.05) is 32.0 Å². The Bertz CT molecular complexity index is 1430. The number of nitrogens with zero attached hydrogens (tertiary/aromatic N) is 4. The Hall–Kier alpha value is -0.910. The van der Waals surface area contributed by atoms with Crippen molar-refractivity contribution >= 4 is 32.8 Å². The molecular weight excluding hydrogens is 673 g/mol. The van der Waals surface area contributed by atoms with Crippen LogP contribution >= 0.6 is 15.6 Å². The van der Waals surface area contributed by atoms with E-state index in [0.29, 0.717) is 0 Å². The van der Waals surface area contributed by atoms with Crippen molar-refractivity contribution in [2.24, 2.45) is 0 Å². The molecule has 2 aromatic heterocycles. The number of nitrogens with two attached hydrogens (primary N) is 1. The van der Waals surface area contributed by atoms with Crippen molar-refractivity contribution in [3.05, 3.63) is 16.7 Å². The standard InChI is InChI=1S/C16H25N5O15P2.C6H15N.Na/c1-4-7(22)9(24)11(26)15(33-4)35-38(30,31)36-37(28,29)32-2-5-8(23)10(25)14(34-5)21-3-18-6-12(21)19-16(17)20-13(6)27;1-4-7(5-2)6-3;/h3-5,7-11,14-15,22-26H,2H2,1H3,(H,28,29)(H,30,31)(H3,17,19,20,27);4-6H2,1-3H3;/q;;+1/p-1/t4-,5+,7+,8+,9+,10+,11-,14+,15+;;/m0../s1. The molecule has 258 valence electrons. The van der Waals surface area contributed by atoms with Gasteiger partial charge in [0.2, 0.25) is 5.95 Å². The first-order chi connectivity index (χ1) is 20.9. The molecule has 9 N–H and O–H groups in total. The van der Waals surface area contributed by atoms with E-state index in [1.54, 1.807) is 0 Å². The Balaban J connectivity index is 0.000000827. The maximum Gasteiger partial charge on any atom is 1.00 e. The Morgan fingerprint density at radius 2 is 1.65 bits per heavy atom. The summed E-state index contributed by atoms with van der Waals surface area (Å²) in [6, 6.07) is 0. The van der Waals surface area contributed by atoms with Crippen LogP contribution in [0.3, 0.4) is 0 Å². The maximum atomic E-state index is 12.2. The SMILES string of the molecule is CCN(CC)CC.C[C@@H]1O[C@H](OP(=O)(O)OP(=O)([O-])OC[C@H]2O[C@@H](n3cnc4c(=O)[nH]c(N)nc43)[C@H](O)[C@@H]2O)[C@@H](O)[C@H](O)[C@@H]1O.[Na+]. The number of H-pyrrole nitrogens is 1. The van der Waals surface area contributed by atoms with Gasteiger partial charge >= 0.3 is 37.4 Å². The molecular formula is C22H39N6NaO15P2. The van der Waals surface area contributed by atoms with Gasteiger partial charge in [-0.2, -0.15) is 4.98 Å². The molecule has 2 unspecified atom stereocenters. The minimum atomic E-state index is -5.68. The number of ether oxygens (including phenoxy) is 2. The average molecular weight is 713 g/mol. The van der Waals surface area contributed by atoms with Crippen molar-refractivity contribution in [2.45, 2.75) is 82.9 Å². The summed E-state index contributed by atoms with van der Waals surface area (Å²) in [6.45, 7) is 10.3. The summed E-state index contributed by atoms with van der Waals surface area (Å²) in [6.07, 6.45) is -14.1. The van der Waals surface area contributed by atoms with E-state index in [1.807, 2.05) is 0 Å². The fourth-order valence-corrected chi connectivity index (χ4v) is 6.58. The summed E-state index contributed by atoms with van der Waals surface area (Å²) >= 11 is 0. The number of aliphatic hydroxyl groups excluding tert-OH is 5. The number of nitrogen functional groups attached to an aromatic ring is 1. The third kappa shape index (κ3) is 10.1. The zero-order chi connectivity index (χ0) is 33.9. The van der Waals surface area contributed by atoms with E-state index in [4.69, 9.17) is 15.2 Å². The Labute approximate surface area is 284 Å². The van der Waals surface area contributed by atoms with Gasteiger partial charge in [0.25, 0.3) is 13.4 Å². The summed E-state index contributed by atoms with van der Waals surface area (Å²) < 4.78 is 48.8. The van der Waals surface area contributed by atoms with E-state index >= 15 is 0 Å². The van der Waals surface area contributed by atoms with Crippen molar-refractivity contribution in [3.63, 3.8) is 0 Å². The van der Waals surface area contributed by atoms with Gasteiger partial charge in [-0.25, -0.2) is 13.9 Å². The molecule has 4 rings (SSSR count). The molecule has 4 heterocycles. The van der Waals surface area contributed by atoms with Gasteiger partial charge in [-0.1, -0.05) is 20.8 Å². The molecule has 11 atom stereocenters. The van der Waals surface area contributed by atoms with Gasteiger partial charge in [0.05, 0.1) is 19.0 Å². The number of hydrogen-bond donors (Lipinski definition) is 8. The normalized spacial score (nSPS) is 32.3. The van der Waals surface area contributed by atoms with Gasteiger partial charge in [0.15, 0.2) is 23.7 Å². The summed E-state index contributed by atoms with van der Waals surface area (Å²) in [4.78, 5) is 46.2. The molecule has 0 amide bonds. The Kier molecular flexibility index (Phi) is 15.4. The van der Waals surface area contributed by atoms with Gasteiger partial charge in [0, 0.05) is 0 Å². The number of anilines is 1. The Morgan fingerprint density at radius 1 is 1.04 bits per heavy atom. The van der Waals surface area contributed by atoms with Crippen molar-refractivity contribution in [1.29, 1.82) is 0 Å². The van der Waals surface area contributed by atoms with Crippen molar-refractivity contribution in [1.82, 2.24) is 24.4 Å². The van der Waals surface area contributed by atoms with Crippen LogP contribution in [0.2, 0.25) is 0 Å². The second-order valence-electron chi connectivity index (χ2n) is 10.0. The van der Waals surface area contributed by atoms with Gasteiger partial charge in [0.1, 0.15) is 36.6 Å². The van der Waals surface area contributed by atoms with Crippen molar-refractivity contribution in [3.8, 4) is 0 Å². The van der Waals surface area contributed by atoms with E-state index in [0.717, 1.165) is 10.9 Å². The Morgan fingerprint density at radius 3 is 2.22 bits per heavy atom. The monoisotopic (exact) mass is 712 g/mol. The first kappa shape index (κ1) is 41.3. The topological polar surface area (TPSA) is 318 Å². The van der Waals surface area contributed by atoms with Gasteiger partial charge in [-0.3, -0.25) is 23.4 Å². The van der Waals surface area contributed by atoms with Gasteiger partial charge < -0.3 is 60.0 Å². The molecule has 24 heteroatoms. The number of aliphatic hydroxyl groups is 5. The van der Waals surface area contributed by atoms with Crippen LogP contribution in [-0.4, -0.2) is 130 Å². The quantitative estimate of drug-likeness (QED) is 0.0794. The van der Waals surface area contributed by atoms with Crippen LogP contribution in [0.1, 0.15) is 33.9 Å². The molecule has 0 radical (unpaired) electrons. The molecule has 2 aliphatic heterocycles. The molecule has 2 saturated heterocycles. The molecule has 2 aliphatic rings. The molecule has 0 saturated carbocycles. The van der Waals surface area contributed by atoms with E-state index in [-0.39, 0.29) is 46.7 Å². The maximum absolute atomic E-state index is 12.2. The molecule has 2 aromatic rings. The van der Waals surface area contributed by atoms with E-state index < -0.39 is 83.1 Å². The molecule has 46 heavy (non-hydrogen) atoms. The summed E-state index contributed by atoms with van der Waals surface area (Å²) in [5, 5.41) is 49.9. The summed E-state index contributed by atoms with van der Waals surface area (Å²) in [7, 11) is -11.2. The van der Waals surface area contributed by atoms with Crippen LogP contribution in [0.15, 0.2) is 11.1 Å². The number of phosphoric ester groups is 2. The number of rotatable bonds is 11. The number of phosphoric acid groups is 2. The fourth-order valence-electron chi connectivity index (χ4n) is 4.46. The third-order valence-electron chi connectivity index (χ3n) is 7.05. The zero-order valence-electron chi connectivity index (χ0n) is 25.7. The number of imidazole rings is 1. The van der Waals surface area contributed by atoms with Crippen LogP contribution in [0.5, 0.6) is 0 Å². The average Bonchev–Trinajstić information content (AvgIpc) is 3.50. The number of nitrogens with one attached hydrogen (secondary N) is 1. The number of fused-ring (bicyclic) bond motifs is 1. The molecule has 0 aromatic carbocycles. The summed E-state index contributed by atoms with van der Waals surface area (Å²) in [5.41, 5.74) is 4.55. The van der Waals surface area contributed by atoms with Crippen LogP contribution in [0, 0.1) is 0 Å². The van der Waals surface area contributed by atoms with Gasteiger partial charge in [-0.15, -0.1) is 0 Å². The summed E-state index contributed by atoms with van der Waals surface area (Å²) in [5.74, 6) is -0.274. The van der Waals surface area contributed by atoms with E-state index in [9.17, 15) is 49.2 Å². The molecule has 0 aliphatic carbocycles. The molecule has 0 bridgehead atoms. The first-order valence-corrected chi connectivity index (χ1v) is 16.7. The second-order valence-corrected chi connectivity index (χ2v) is 13.0. The minimum absolute atomic E-state index is 0. The fraction of sp³-hybridized carbons (Fsp3) is 0.773. The molecule has 21 nitrogen and oxygen atoms in total. The largest absolute Gasteiger partial charge is 1.00 e. The van der Waals surface area contributed by atoms with Crippen LogP contribution in [0.4, 0.5) is 5.95 Å².